The number of fused-ring (bicyclic) bond motifs is 1. The molecular formula is C21H28N4O3. The van der Waals surface area contributed by atoms with Crippen molar-refractivity contribution in [3.63, 3.8) is 0 Å². The molecule has 1 saturated heterocycles. The third-order valence-corrected chi connectivity index (χ3v) is 5.51. The zero-order valence-corrected chi connectivity index (χ0v) is 16.4. The van der Waals surface area contributed by atoms with E-state index in [0.717, 1.165) is 36.3 Å². The highest BCUT2D eigenvalue weighted by Crippen LogP contribution is 2.26. The summed E-state index contributed by atoms with van der Waals surface area (Å²) in [7, 11) is 0. The lowest BCUT2D eigenvalue weighted by molar-refractivity contribution is 0.0297. The summed E-state index contributed by atoms with van der Waals surface area (Å²) in [6.45, 7) is 9.54. The van der Waals surface area contributed by atoms with Gasteiger partial charge in [0.1, 0.15) is 11.5 Å². The van der Waals surface area contributed by atoms with Gasteiger partial charge in [0.25, 0.3) is 5.91 Å². The van der Waals surface area contributed by atoms with Crippen LogP contribution in [-0.2, 0) is 30.7 Å². The molecule has 1 unspecified atom stereocenters. The van der Waals surface area contributed by atoms with Crippen LogP contribution in [0, 0.1) is 6.92 Å². The van der Waals surface area contributed by atoms with Gasteiger partial charge in [-0.15, -0.1) is 6.58 Å². The number of aromatic nitrogens is 2. The lowest BCUT2D eigenvalue weighted by Gasteiger charge is -2.27. The number of furan rings is 1. The number of aryl methyl sites for hydroxylation is 1. The van der Waals surface area contributed by atoms with E-state index >= 15 is 0 Å². The first-order chi connectivity index (χ1) is 13.7. The van der Waals surface area contributed by atoms with Gasteiger partial charge in [0.15, 0.2) is 5.69 Å². The molecule has 1 N–H and O–H groups in total. The second-order valence-corrected chi connectivity index (χ2v) is 7.48. The molecule has 1 fully saturated rings. The fourth-order valence-electron chi connectivity index (χ4n) is 4.05. The molecule has 0 bridgehead atoms. The summed E-state index contributed by atoms with van der Waals surface area (Å²) in [5.41, 5.74) is 2.85. The topological polar surface area (TPSA) is 72.5 Å². The van der Waals surface area contributed by atoms with Crippen LogP contribution in [0.25, 0.3) is 0 Å². The summed E-state index contributed by atoms with van der Waals surface area (Å²) in [6, 6.07) is 4.29. The minimum Gasteiger partial charge on any atom is -0.465 e. The minimum atomic E-state index is 0.0182. The number of rotatable bonds is 6. The number of hydrogen-bond donors (Lipinski definition) is 1. The van der Waals surface area contributed by atoms with Gasteiger partial charge in [-0.1, -0.05) is 6.08 Å². The molecule has 0 spiro atoms. The van der Waals surface area contributed by atoms with E-state index in [1.54, 1.807) is 0 Å². The van der Waals surface area contributed by atoms with Crippen molar-refractivity contribution < 1.29 is 13.9 Å². The average molecular weight is 384 g/mol. The van der Waals surface area contributed by atoms with Crippen LogP contribution in [-0.4, -0.2) is 52.9 Å². The molecule has 1 aliphatic carbocycles. The van der Waals surface area contributed by atoms with Gasteiger partial charge in [-0.25, -0.2) is 0 Å². The average Bonchev–Trinajstić information content (AvgIpc) is 3.30. The Morgan fingerprint density at radius 1 is 1.39 bits per heavy atom. The van der Waals surface area contributed by atoms with Crippen LogP contribution in [0.3, 0.4) is 0 Å². The quantitative estimate of drug-likeness (QED) is 0.772. The van der Waals surface area contributed by atoms with Crippen LogP contribution < -0.4 is 5.32 Å². The van der Waals surface area contributed by atoms with E-state index < -0.39 is 0 Å². The van der Waals surface area contributed by atoms with Crippen molar-refractivity contribution in [2.45, 2.75) is 45.3 Å². The van der Waals surface area contributed by atoms with E-state index in [1.807, 2.05) is 34.7 Å². The summed E-state index contributed by atoms with van der Waals surface area (Å²) in [4.78, 5) is 15.0. The SMILES string of the molecule is C=CCn1nc(C(=O)N2CCOCC2)c2c1CCC(NCc1ccc(C)o1)C2. The molecule has 2 aromatic rings. The molecule has 28 heavy (non-hydrogen) atoms. The van der Waals surface area contributed by atoms with Crippen LogP contribution in [0.15, 0.2) is 29.2 Å². The van der Waals surface area contributed by atoms with Gasteiger partial charge in [-0.3, -0.25) is 9.48 Å². The van der Waals surface area contributed by atoms with Crippen molar-refractivity contribution in [1.29, 1.82) is 0 Å². The fourth-order valence-corrected chi connectivity index (χ4v) is 4.05. The Hall–Kier alpha value is -2.38. The highest BCUT2D eigenvalue weighted by Gasteiger charge is 2.31. The van der Waals surface area contributed by atoms with Gasteiger partial charge in [0.05, 0.1) is 26.3 Å². The van der Waals surface area contributed by atoms with Crippen LogP contribution in [0.2, 0.25) is 0 Å². The van der Waals surface area contributed by atoms with Gasteiger partial charge in [-0.2, -0.15) is 5.10 Å². The molecule has 2 aliphatic rings. The Morgan fingerprint density at radius 2 is 2.21 bits per heavy atom. The van der Waals surface area contributed by atoms with Crippen molar-refractivity contribution >= 4 is 5.91 Å². The van der Waals surface area contributed by atoms with Gasteiger partial charge < -0.3 is 19.4 Å². The maximum Gasteiger partial charge on any atom is 0.274 e. The number of amides is 1. The molecule has 0 aromatic carbocycles. The highest BCUT2D eigenvalue weighted by atomic mass is 16.5. The van der Waals surface area contributed by atoms with Crippen molar-refractivity contribution in [2.75, 3.05) is 26.3 Å². The van der Waals surface area contributed by atoms with Crippen molar-refractivity contribution in [2.24, 2.45) is 0 Å². The molecular weight excluding hydrogens is 356 g/mol. The smallest absolute Gasteiger partial charge is 0.274 e. The Bertz CT molecular complexity index is 848. The van der Waals surface area contributed by atoms with Crippen molar-refractivity contribution in [3.8, 4) is 0 Å². The van der Waals surface area contributed by atoms with Crippen LogP contribution >= 0.6 is 0 Å². The third-order valence-electron chi connectivity index (χ3n) is 5.51. The molecule has 150 valence electrons. The molecule has 0 radical (unpaired) electrons. The zero-order chi connectivity index (χ0) is 19.5. The van der Waals surface area contributed by atoms with Crippen LogP contribution in [0.5, 0.6) is 0 Å². The van der Waals surface area contributed by atoms with Gasteiger partial charge >= 0.3 is 0 Å². The predicted octanol–water partition coefficient (Wildman–Crippen LogP) is 2.09. The largest absolute Gasteiger partial charge is 0.465 e. The second kappa shape index (κ2) is 8.32. The number of nitrogens with zero attached hydrogens (tertiary/aromatic N) is 3. The van der Waals surface area contributed by atoms with Gasteiger partial charge in [0.2, 0.25) is 0 Å². The Labute approximate surface area is 165 Å². The predicted molar refractivity (Wildman–Crippen MR) is 105 cm³/mol. The number of nitrogens with one attached hydrogen (secondary N) is 1. The first-order valence-electron chi connectivity index (χ1n) is 10.0. The molecule has 1 amide bonds. The van der Waals surface area contributed by atoms with Gasteiger partial charge in [0, 0.05) is 30.4 Å². The fraction of sp³-hybridized carbons (Fsp3) is 0.524. The summed E-state index contributed by atoms with van der Waals surface area (Å²) in [5, 5.41) is 8.26. The molecule has 2 aromatic heterocycles. The third kappa shape index (κ3) is 3.91. The lowest BCUT2D eigenvalue weighted by Crippen LogP contribution is -2.41. The summed E-state index contributed by atoms with van der Waals surface area (Å²) >= 11 is 0. The van der Waals surface area contributed by atoms with Crippen molar-refractivity contribution in [1.82, 2.24) is 20.0 Å². The van der Waals surface area contributed by atoms with E-state index in [4.69, 9.17) is 9.15 Å². The Kier molecular flexibility index (Phi) is 5.64. The molecule has 4 rings (SSSR count). The number of carbonyl (C=O) groups is 1. The second-order valence-electron chi connectivity index (χ2n) is 7.48. The lowest BCUT2D eigenvalue weighted by atomic mass is 9.91. The van der Waals surface area contributed by atoms with Crippen molar-refractivity contribution in [3.05, 3.63) is 53.3 Å². The van der Waals surface area contributed by atoms with Crippen LogP contribution in [0.4, 0.5) is 0 Å². The first-order valence-corrected chi connectivity index (χ1v) is 10.0. The maximum atomic E-state index is 13.1. The summed E-state index contributed by atoms with van der Waals surface area (Å²) in [5.74, 6) is 1.88. The van der Waals surface area contributed by atoms with E-state index in [9.17, 15) is 4.79 Å². The number of ether oxygens (including phenoxy) is 1. The van der Waals surface area contributed by atoms with Crippen LogP contribution in [0.1, 0.15) is 39.7 Å². The first kappa shape index (κ1) is 19.0. The van der Waals surface area contributed by atoms with E-state index in [0.29, 0.717) is 51.1 Å². The van der Waals surface area contributed by atoms with E-state index in [2.05, 4.69) is 17.0 Å². The minimum absolute atomic E-state index is 0.0182. The Morgan fingerprint density at radius 3 is 2.93 bits per heavy atom. The molecule has 1 aliphatic heterocycles. The standard InChI is InChI=1S/C21H28N4O3/c1-3-8-25-19-7-5-16(22-14-17-6-4-15(2)28-17)13-18(19)20(23-25)21(26)24-9-11-27-12-10-24/h3-4,6,16,22H,1,5,7-14H2,2H3. The number of allylic oxidation sites excluding steroid dienone is 1. The van der Waals surface area contributed by atoms with E-state index in [1.165, 1.54) is 5.69 Å². The molecule has 0 saturated carbocycles. The molecule has 7 nitrogen and oxygen atoms in total. The van der Waals surface area contributed by atoms with E-state index in [-0.39, 0.29) is 5.91 Å². The number of carbonyl (C=O) groups excluding carboxylic acids is 1. The zero-order valence-electron chi connectivity index (χ0n) is 16.4. The molecule has 7 heteroatoms. The van der Waals surface area contributed by atoms with Gasteiger partial charge in [-0.05, 0) is 38.3 Å². The summed E-state index contributed by atoms with van der Waals surface area (Å²) < 4.78 is 13.0. The maximum absolute atomic E-state index is 13.1. The normalized spacial score (nSPS) is 19.5. The molecule has 1 atom stereocenters. The number of morpholine rings is 1. The number of hydrogen-bond acceptors (Lipinski definition) is 5. The molecule has 3 heterocycles. The highest BCUT2D eigenvalue weighted by molar-refractivity contribution is 5.94. The Balaban J connectivity index is 1.52. The summed E-state index contributed by atoms with van der Waals surface area (Å²) in [6.07, 6.45) is 4.56. The monoisotopic (exact) mass is 384 g/mol.